The summed E-state index contributed by atoms with van der Waals surface area (Å²) in [6.45, 7) is 2.73. The number of likely N-dealkylation sites (tertiary alicyclic amines) is 2. The highest BCUT2D eigenvalue weighted by atomic mass is 79.9. The molecule has 2 aliphatic heterocycles. The smallest absolute Gasteiger partial charge is 0.227 e. The fourth-order valence-corrected chi connectivity index (χ4v) is 4.96. The second kappa shape index (κ2) is 9.12. The molecule has 0 aromatic heterocycles. The number of hydrogen-bond acceptors (Lipinski definition) is 2. The SMILES string of the molecule is O=C1C[C@H](C(=O)N2CCC(Cc3ccccc3)CC2)CN1Cc1cccc(Br)c1. The summed E-state index contributed by atoms with van der Waals surface area (Å²) in [6, 6.07) is 18.6. The standard InChI is InChI=1S/C24H27BrN2O2/c25-22-8-4-7-20(14-22)16-27-17-21(15-23(27)28)24(29)26-11-9-19(10-12-26)13-18-5-2-1-3-6-18/h1-8,14,19,21H,9-13,15-17H2/t21-/m0/s1. The van der Waals surface area contributed by atoms with Crippen molar-refractivity contribution >= 4 is 27.7 Å². The van der Waals surface area contributed by atoms with E-state index in [1.807, 2.05) is 40.1 Å². The first-order chi connectivity index (χ1) is 14.1. The van der Waals surface area contributed by atoms with Crippen molar-refractivity contribution < 1.29 is 9.59 Å². The molecule has 0 spiro atoms. The van der Waals surface area contributed by atoms with Gasteiger partial charge in [0.1, 0.15) is 0 Å². The maximum atomic E-state index is 13.0. The van der Waals surface area contributed by atoms with E-state index in [0.29, 0.717) is 25.4 Å². The molecule has 2 heterocycles. The van der Waals surface area contributed by atoms with Crippen molar-refractivity contribution in [3.05, 3.63) is 70.2 Å². The second-order valence-corrected chi connectivity index (χ2v) is 9.18. The first-order valence-electron chi connectivity index (χ1n) is 10.4. The highest BCUT2D eigenvalue weighted by Crippen LogP contribution is 2.27. The zero-order valence-corrected chi connectivity index (χ0v) is 18.2. The van der Waals surface area contributed by atoms with E-state index in [4.69, 9.17) is 0 Å². The van der Waals surface area contributed by atoms with Gasteiger partial charge in [-0.15, -0.1) is 0 Å². The molecule has 5 heteroatoms. The number of carbonyl (C=O) groups is 2. The van der Waals surface area contributed by atoms with Crippen LogP contribution in [-0.2, 0) is 22.6 Å². The first-order valence-corrected chi connectivity index (χ1v) is 11.2. The lowest BCUT2D eigenvalue weighted by atomic mass is 9.89. The quantitative estimate of drug-likeness (QED) is 0.676. The van der Waals surface area contributed by atoms with Crippen molar-refractivity contribution in [1.82, 2.24) is 9.80 Å². The van der Waals surface area contributed by atoms with E-state index in [2.05, 4.69) is 40.2 Å². The van der Waals surface area contributed by atoms with Crippen LogP contribution in [-0.4, -0.2) is 41.2 Å². The molecule has 0 N–H and O–H groups in total. The van der Waals surface area contributed by atoms with Crippen LogP contribution in [0.2, 0.25) is 0 Å². The van der Waals surface area contributed by atoms with Crippen LogP contribution in [0.4, 0.5) is 0 Å². The number of rotatable bonds is 5. The van der Waals surface area contributed by atoms with E-state index in [9.17, 15) is 9.59 Å². The summed E-state index contributed by atoms with van der Waals surface area (Å²) in [5.41, 5.74) is 2.46. The van der Waals surface area contributed by atoms with Crippen LogP contribution in [0, 0.1) is 11.8 Å². The van der Waals surface area contributed by atoms with Gasteiger partial charge in [-0.2, -0.15) is 0 Å². The minimum atomic E-state index is -0.194. The molecule has 1 atom stereocenters. The van der Waals surface area contributed by atoms with Gasteiger partial charge in [0.25, 0.3) is 0 Å². The normalized spacial score (nSPS) is 20.3. The average Bonchev–Trinajstić information content (AvgIpc) is 3.09. The van der Waals surface area contributed by atoms with Gasteiger partial charge in [-0.1, -0.05) is 58.4 Å². The Balaban J connectivity index is 1.28. The number of amides is 2. The summed E-state index contributed by atoms with van der Waals surface area (Å²) >= 11 is 3.48. The molecule has 2 fully saturated rings. The zero-order chi connectivity index (χ0) is 20.2. The Labute approximate surface area is 181 Å². The molecule has 29 heavy (non-hydrogen) atoms. The Morgan fingerprint density at radius 2 is 1.72 bits per heavy atom. The van der Waals surface area contributed by atoms with Gasteiger partial charge < -0.3 is 9.80 Å². The largest absolute Gasteiger partial charge is 0.342 e. The van der Waals surface area contributed by atoms with Gasteiger partial charge in [-0.3, -0.25) is 9.59 Å². The minimum Gasteiger partial charge on any atom is -0.342 e. The lowest BCUT2D eigenvalue weighted by Gasteiger charge is -2.33. The van der Waals surface area contributed by atoms with Crippen molar-refractivity contribution in [1.29, 1.82) is 0 Å². The zero-order valence-electron chi connectivity index (χ0n) is 16.6. The number of halogens is 1. The highest BCUT2D eigenvalue weighted by Gasteiger charge is 2.37. The molecule has 2 aromatic rings. The Morgan fingerprint density at radius 1 is 1.00 bits per heavy atom. The van der Waals surface area contributed by atoms with Crippen LogP contribution in [0.25, 0.3) is 0 Å². The third kappa shape index (κ3) is 5.08. The molecule has 2 amide bonds. The van der Waals surface area contributed by atoms with Crippen LogP contribution >= 0.6 is 15.9 Å². The van der Waals surface area contributed by atoms with Crippen LogP contribution < -0.4 is 0 Å². The molecule has 4 rings (SSSR count). The van der Waals surface area contributed by atoms with Gasteiger partial charge in [-0.25, -0.2) is 0 Å². The molecule has 152 valence electrons. The van der Waals surface area contributed by atoms with E-state index in [-0.39, 0.29) is 17.7 Å². The minimum absolute atomic E-state index is 0.0855. The van der Waals surface area contributed by atoms with E-state index in [1.54, 1.807) is 0 Å². The van der Waals surface area contributed by atoms with Crippen molar-refractivity contribution in [3.8, 4) is 0 Å². The van der Waals surface area contributed by atoms with Gasteiger partial charge in [0.05, 0.1) is 5.92 Å². The van der Waals surface area contributed by atoms with Crippen LogP contribution in [0.3, 0.4) is 0 Å². The number of benzene rings is 2. The third-order valence-electron chi connectivity index (χ3n) is 6.12. The molecule has 0 unspecified atom stereocenters. The molecule has 2 aromatic carbocycles. The summed E-state index contributed by atoms with van der Waals surface area (Å²) in [6.07, 6.45) is 3.52. The Kier molecular flexibility index (Phi) is 6.34. The maximum absolute atomic E-state index is 13.0. The molecular formula is C24H27BrN2O2. The van der Waals surface area contributed by atoms with E-state index < -0.39 is 0 Å². The molecule has 0 saturated carbocycles. The van der Waals surface area contributed by atoms with Crippen molar-refractivity contribution in [2.24, 2.45) is 11.8 Å². The fraction of sp³-hybridized carbons (Fsp3) is 0.417. The molecule has 0 bridgehead atoms. The third-order valence-corrected chi connectivity index (χ3v) is 6.61. The molecular weight excluding hydrogens is 428 g/mol. The Hall–Kier alpha value is -2.14. The van der Waals surface area contributed by atoms with Gasteiger partial charge in [0.2, 0.25) is 11.8 Å². The summed E-state index contributed by atoms with van der Waals surface area (Å²) in [4.78, 5) is 29.3. The van der Waals surface area contributed by atoms with E-state index in [1.165, 1.54) is 5.56 Å². The van der Waals surface area contributed by atoms with Crippen molar-refractivity contribution in [3.63, 3.8) is 0 Å². The fourth-order valence-electron chi connectivity index (χ4n) is 4.51. The summed E-state index contributed by atoms with van der Waals surface area (Å²) in [5.74, 6) is 0.690. The lowest BCUT2D eigenvalue weighted by Crippen LogP contribution is -2.42. The van der Waals surface area contributed by atoms with Gasteiger partial charge in [0.15, 0.2) is 0 Å². The number of hydrogen-bond donors (Lipinski definition) is 0. The van der Waals surface area contributed by atoms with E-state index >= 15 is 0 Å². The molecule has 2 aliphatic rings. The summed E-state index contributed by atoms with van der Waals surface area (Å²) in [5, 5.41) is 0. The first kappa shape index (κ1) is 20.1. The number of nitrogens with zero attached hydrogens (tertiary/aromatic N) is 2. The van der Waals surface area contributed by atoms with E-state index in [0.717, 1.165) is 42.4 Å². The van der Waals surface area contributed by atoms with Crippen LogP contribution in [0.15, 0.2) is 59.1 Å². The molecule has 0 radical (unpaired) electrons. The molecule has 0 aliphatic carbocycles. The Morgan fingerprint density at radius 3 is 2.45 bits per heavy atom. The topological polar surface area (TPSA) is 40.6 Å². The summed E-state index contributed by atoms with van der Waals surface area (Å²) < 4.78 is 1.01. The van der Waals surface area contributed by atoms with Gasteiger partial charge >= 0.3 is 0 Å². The number of carbonyl (C=O) groups excluding carboxylic acids is 2. The second-order valence-electron chi connectivity index (χ2n) is 8.26. The van der Waals surface area contributed by atoms with Crippen LogP contribution in [0.5, 0.6) is 0 Å². The molecule has 2 saturated heterocycles. The average molecular weight is 455 g/mol. The molecule has 4 nitrogen and oxygen atoms in total. The number of piperidine rings is 1. The summed E-state index contributed by atoms with van der Waals surface area (Å²) in [7, 11) is 0. The lowest BCUT2D eigenvalue weighted by molar-refractivity contribution is -0.137. The predicted molar refractivity (Wildman–Crippen MR) is 117 cm³/mol. The maximum Gasteiger partial charge on any atom is 0.227 e. The predicted octanol–water partition coefficient (Wildman–Crippen LogP) is 4.28. The van der Waals surface area contributed by atoms with Crippen molar-refractivity contribution in [2.45, 2.75) is 32.2 Å². The van der Waals surface area contributed by atoms with Crippen molar-refractivity contribution in [2.75, 3.05) is 19.6 Å². The van der Waals surface area contributed by atoms with Gasteiger partial charge in [0, 0.05) is 37.1 Å². The van der Waals surface area contributed by atoms with Crippen LogP contribution in [0.1, 0.15) is 30.4 Å². The highest BCUT2D eigenvalue weighted by molar-refractivity contribution is 9.10. The van der Waals surface area contributed by atoms with Gasteiger partial charge in [-0.05, 0) is 48.4 Å². The monoisotopic (exact) mass is 454 g/mol. The Bertz CT molecular complexity index is 862.